The normalized spacial score (nSPS) is 22.4. The van der Waals surface area contributed by atoms with Crippen molar-refractivity contribution in [2.24, 2.45) is 5.92 Å². The molecule has 2 aliphatic heterocycles. The molecule has 2 heterocycles. The Kier molecular flexibility index (Phi) is 5.30. The van der Waals surface area contributed by atoms with Gasteiger partial charge in [-0.15, -0.1) is 0 Å². The summed E-state index contributed by atoms with van der Waals surface area (Å²) in [5.74, 6) is 1.34. The highest BCUT2D eigenvalue weighted by Crippen LogP contribution is 2.19. The number of piperidine rings is 1. The van der Waals surface area contributed by atoms with E-state index >= 15 is 0 Å². The minimum atomic E-state index is 0.378. The monoisotopic (exact) mass is 238 g/mol. The van der Waals surface area contributed by atoms with Gasteiger partial charge in [0.2, 0.25) is 5.91 Å². The summed E-state index contributed by atoms with van der Waals surface area (Å²) in [7, 11) is 0. The molecule has 0 spiro atoms. The predicted molar refractivity (Wildman–Crippen MR) is 69.9 cm³/mol. The molecule has 0 aromatic rings. The zero-order chi connectivity index (χ0) is 11.9. The van der Waals surface area contributed by atoms with Crippen LogP contribution in [-0.2, 0) is 4.79 Å². The van der Waals surface area contributed by atoms with E-state index in [2.05, 4.69) is 5.32 Å². The molecule has 0 atom stereocenters. The molecule has 0 unspecified atom stereocenters. The van der Waals surface area contributed by atoms with Crippen molar-refractivity contribution in [2.45, 2.75) is 51.4 Å². The van der Waals surface area contributed by atoms with E-state index in [9.17, 15) is 4.79 Å². The molecule has 3 nitrogen and oxygen atoms in total. The van der Waals surface area contributed by atoms with Crippen molar-refractivity contribution in [3.63, 3.8) is 0 Å². The molecule has 98 valence electrons. The number of amides is 1. The van der Waals surface area contributed by atoms with Gasteiger partial charge in [0.05, 0.1) is 0 Å². The van der Waals surface area contributed by atoms with Crippen LogP contribution < -0.4 is 5.32 Å². The van der Waals surface area contributed by atoms with Crippen LogP contribution in [0.4, 0.5) is 0 Å². The van der Waals surface area contributed by atoms with Crippen molar-refractivity contribution < 1.29 is 4.79 Å². The molecule has 0 aromatic carbocycles. The van der Waals surface area contributed by atoms with Crippen molar-refractivity contribution in [2.75, 3.05) is 26.2 Å². The molecule has 0 radical (unpaired) electrons. The maximum Gasteiger partial charge on any atom is 0.222 e. The Morgan fingerprint density at radius 1 is 1.18 bits per heavy atom. The Morgan fingerprint density at radius 3 is 2.71 bits per heavy atom. The maximum atomic E-state index is 11.4. The first kappa shape index (κ1) is 12.9. The molecule has 2 saturated heterocycles. The van der Waals surface area contributed by atoms with Gasteiger partial charge in [-0.05, 0) is 44.7 Å². The number of rotatable bonds is 6. The summed E-state index contributed by atoms with van der Waals surface area (Å²) < 4.78 is 0. The Hall–Kier alpha value is -0.570. The SMILES string of the molecule is O=C1CCCN1CCCCCC1CCNCC1. The molecule has 0 aromatic heterocycles. The first-order valence-corrected chi connectivity index (χ1v) is 7.35. The molecule has 1 N–H and O–H groups in total. The maximum absolute atomic E-state index is 11.4. The minimum absolute atomic E-state index is 0.378. The van der Waals surface area contributed by atoms with Crippen LogP contribution in [0.15, 0.2) is 0 Å². The molecule has 0 saturated carbocycles. The number of nitrogens with one attached hydrogen (secondary N) is 1. The predicted octanol–water partition coefficient (Wildman–Crippen LogP) is 2.17. The second-order valence-electron chi connectivity index (χ2n) is 5.53. The van der Waals surface area contributed by atoms with Crippen LogP contribution in [0, 0.1) is 5.92 Å². The van der Waals surface area contributed by atoms with E-state index in [4.69, 9.17) is 0 Å². The Labute approximate surface area is 105 Å². The molecule has 0 aliphatic carbocycles. The quantitative estimate of drug-likeness (QED) is 0.719. The van der Waals surface area contributed by atoms with Crippen LogP contribution in [0.25, 0.3) is 0 Å². The fraction of sp³-hybridized carbons (Fsp3) is 0.929. The van der Waals surface area contributed by atoms with Gasteiger partial charge < -0.3 is 10.2 Å². The van der Waals surface area contributed by atoms with Crippen LogP contribution >= 0.6 is 0 Å². The van der Waals surface area contributed by atoms with Crippen LogP contribution in [-0.4, -0.2) is 37.0 Å². The standard InChI is InChI=1S/C14H26N2O/c17-14-6-4-12-16(14)11-3-1-2-5-13-7-9-15-10-8-13/h13,15H,1-12H2. The average molecular weight is 238 g/mol. The number of likely N-dealkylation sites (tertiary alicyclic amines) is 1. The number of hydrogen-bond acceptors (Lipinski definition) is 2. The highest BCUT2D eigenvalue weighted by Gasteiger charge is 2.19. The summed E-state index contributed by atoms with van der Waals surface area (Å²) in [6.07, 6.45) is 9.85. The summed E-state index contributed by atoms with van der Waals surface area (Å²) >= 11 is 0. The zero-order valence-corrected chi connectivity index (χ0v) is 10.9. The van der Waals surface area contributed by atoms with Gasteiger partial charge >= 0.3 is 0 Å². The fourth-order valence-corrected chi connectivity index (χ4v) is 3.02. The average Bonchev–Trinajstić information content (AvgIpc) is 2.76. The molecule has 2 rings (SSSR count). The third-order valence-corrected chi connectivity index (χ3v) is 4.17. The number of carbonyl (C=O) groups excluding carboxylic acids is 1. The lowest BCUT2D eigenvalue weighted by molar-refractivity contribution is -0.127. The van der Waals surface area contributed by atoms with E-state index in [0.717, 1.165) is 31.8 Å². The van der Waals surface area contributed by atoms with E-state index in [1.807, 2.05) is 4.90 Å². The van der Waals surface area contributed by atoms with Crippen LogP contribution in [0.2, 0.25) is 0 Å². The van der Waals surface area contributed by atoms with Gasteiger partial charge in [0.1, 0.15) is 0 Å². The number of nitrogens with zero attached hydrogens (tertiary/aromatic N) is 1. The van der Waals surface area contributed by atoms with Gasteiger partial charge in [0, 0.05) is 19.5 Å². The summed E-state index contributed by atoms with van der Waals surface area (Å²) in [5.41, 5.74) is 0. The number of carbonyl (C=O) groups is 1. The topological polar surface area (TPSA) is 32.3 Å². The Morgan fingerprint density at radius 2 is 2.00 bits per heavy atom. The lowest BCUT2D eigenvalue weighted by Crippen LogP contribution is -2.27. The molecule has 2 aliphatic rings. The second-order valence-corrected chi connectivity index (χ2v) is 5.53. The Bertz CT molecular complexity index is 236. The van der Waals surface area contributed by atoms with Crippen molar-refractivity contribution >= 4 is 5.91 Å². The summed E-state index contributed by atoms with van der Waals surface area (Å²) in [6.45, 7) is 4.44. The third kappa shape index (κ3) is 4.30. The highest BCUT2D eigenvalue weighted by atomic mass is 16.2. The van der Waals surface area contributed by atoms with Gasteiger partial charge in [-0.3, -0.25) is 4.79 Å². The smallest absolute Gasteiger partial charge is 0.222 e. The van der Waals surface area contributed by atoms with E-state index in [-0.39, 0.29) is 0 Å². The van der Waals surface area contributed by atoms with Gasteiger partial charge in [-0.2, -0.15) is 0 Å². The summed E-state index contributed by atoms with van der Waals surface area (Å²) in [4.78, 5) is 13.5. The highest BCUT2D eigenvalue weighted by molar-refractivity contribution is 5.77. The molecular weight excluding hydrogens is 212 g/mol. The lowest BCUT2D eigenvalue weighted by Gasteiger charge is -2.22. The van der Waals surface area contributed by atoms with E-state index in [1.165, 1.54) is 51.6 Å². The van der Waals surface area contributed by atoms with Crippen molar-refractivity contribution in [3.8, 4) is 0 Å². The molecular formula is C14H26N2O. The molecule has 17 heavy (non-hydrogen) atoms. The van der Waals surface area contributed by atoms with Crippen LogP contribution in [0.1, 0.15) is 51.4 Å². The fourth-order valence-electron chi connectivity index (χ4n) is 3.02. The van der Waals surface area contributed by atoms with Crippen molar-refractivity contribution in [3.05, 3.63) is 0 Å². The third-order valence-electron chi connectivity index (χ3n) is 4.17. The molecule has 0 bridgehead atoms. The van der Waals surface area contributed by atoms with Gasteiger partial charge in [0.25, 0.3) is 0 Å². The van der Waals surface area contributed by atoms with Crippen LogP contribution in [0.5, 0.6) is 0 Å². The van der Waals surface area contributed by atoms with E-state index < -0.39 is 0 Å². The van der Waals surface area contributed by atoms with Gasteiger partial charge in [0.15, 0.2) is 0 Å². The van der Waals surface area contributed by atoms with E-state index in [0.29, 0.717) is 5.91 Å². The largest absolute Gasteiger partial charge is 0.343 e. The molecule has 3 heteroatoms. The molecule has 2 fully saturated rings. The Balaban J connectivity index is 1.47. The zero-order valence-electron chi connectivity index (χ0n) is 10.9. The minimum Gasteiger partial charge on any atom is -0.343 e. The van der Waals surface area contributed by atoms with Crippen molar-refractivity contribution in [1.29, 1.82) is 0 Å². The second kappa shape index (κ2) is 7.00. The van der Waals surface area contributed by atoms with Gasteiger partial charge in [-0.1, -0.05) is 19.3 Å². The molecule has 1 amide bonds. The first-order valence-electron chi connectivity index (χ1n) is 7.35. The van der Waals surface area contributed by atoms with Gasteiger partial charge in [-0.25, -0.2) is 0 Å². The summed E-state index contributed by atoms with van der Waals surface area (Å²) in [5, 5.41) is 3.41. The first-order chi connectivity index (χ1) is 8.36. The van der Waals surface area contributed by atoms with Crippen molar-refractivity contribution in [1.82, 2.24) is 10.2 Å². The van der Waals surface area contributed by atoms with Crippen LogP contribution in [0.3, 0.4) is 0 Å². The number of unbranched alkanes of at least 4 members (excludes halogenated alkanes) is 2. The summed E-state index contributed by atoms with van der Waals surface area (Å²) in [6, 6.07) is 0. The lowest BCUT2D eigenvalue weighted by atomic mass is 9.92. The van der Waals surface area contributed by atoms with E-state index in [1.54, 1.807) is 0 Å². The number of hydrogen-bond donors (Lipinski definition) is 1.